The maximum Gasteiger partial charge on any atom is 0.344 e. The van der Waals surface area contributed by atoms with E-state index in [1.807, 2.05) is 6.07 Å². The quantitative estimate of drug-likeness (QED) is 0.625. The lowest BCUT2D eigenvalue weighted by Crippen LogP contribution is -2.23. The number of esters is 1. The molecule has 2 aromatic carbocycles. The fourth-order valence-corrected chi connectivity index (χ4v) is 1.69. The van der Waals surface area contributed by atoms with Gasteiger partial charge < -0.3 is 14.8 Å². The molecule has 0 spiro atoms. The molecule has 2 rings (SSSR count). The van der Waals surface area contributed by atoms with Crippen LogP contribution in [0.25, 0.3) is 0 Å². The van der Waals surface area contributed by atoms with Crippen molar-refractivity contribution in [2.75, 3.05) is 18.5 Å². The Hall–Kier alpha value is -3.15. The van der Waals surface area contributed by atoms with Crippen molar-refractivity contribution in [2.24, 2.45) is 0 Å². The number of nitrogens with one attached hydrogen (secondary N) is 1. The Morgan fingerprint density at radius 2 is 1.65 bits per heavy atom. The SMILES string of the molecule is O=Cc1ccc(OCC(=O)OCC(=O)Nc2ccccc2)cc1. The molecule has 0 saturated heterocycles. The van der Waals surface area contributed by atoms with Crippen molar-refractivity contribution in [3.05, 3.63) is 60.2 Å². The number of para-hydroxylation sites is 1. The van der Waals surface area contributed by atoms with Gasteiger partial charge in [-0.3, -0.25) is 9.59 Å². The average molecular weight is 313 g/mol. The summed E-state index contributed by atoms with van der Waals surface area (Å²) in [4.78, 5) is 33.6. The molecule has 0 heterocycles. The summed E-state index contributed by atoms with van der Waals surface area (Å²) in [6, 6.07) is 15.1. The third-order valence-electron chi connectivity index (χ3n) is 2.79. The molecule has 118 valence electrons. The molecule has 1 N–H and O–H groups in total. The summed E-state index contributed by atoms with van der Waals surface area (Å²) in [5.74, 6) is -0.658. The number of amides is 1. The molecule has 0 aromatic heterocycles. The van der Waals surface area contributed by atoms with Crippen molar-refractivity contribution < 1.29 is 23.9 Å². The molecular weight excluding hydrogens is 298 g/mol. The number of carbonyl (C=O) groups is 3. The van der Waals surface area contributed by atoms with E-state index in [1.165, 1.54) is 0 Å². The largest absolute Gasteiger partial charge is 0.482 e. The van der Waals surface area contributed by atoms with Crippen molar-refractivity contribution in [1.82, 2.24) is 0 Å². The second-order valence-corrected chi connectivity index (χ2v) is 4.55. The van der Waals surface area contributed by atoms with Crippen LogP contribution in [0.2, 0.25) is 0 Å². The zero-order valence-electron chi connectivity index (χ0n) is 12.2. The van der Waals surface area contributed by atoms with Gasteiger partial charge in [0, 0.05) is 11.3 Å². The number of hydrogen-bond acceptors (Lipinski definition) is 5. The zero-order chi connectivity index (χ0) is 16.5. The van der Waals surface area contributed by atoms with Gasteiger partial charge >= 0.3 is 5.97 Å². The smallest absolute Gasteiger partial charge is 0.344 e. The summed E-state index contributed by atoms with van der Waals surface area (Å²) < 4.78 is 10.0. The highest BCUT2D eigenvalue weighted by Gasteiger charge is 2.08. The highest BCUT2D eigenvalue weighted by Crippen LogP contribution is 2.11. The van der Waals surface area contributed by atoms with Gasteiger partial charge in [-0.15, -0.1) is 0 Å². The van der Waals surface area contributed by atoms with Crippen LogP contribution in [-0.4, -0.2) is 31.4 Å². The highest BCUT2D eigenvalue weighted by molar-refractivity contribution is 5.92. The predicted molar refractivity (Wildman–Crippen MR) is 83.4 cm³/mol. The summed E-state index contributed by atoms with van der Waals surface area (Å²) in [7, 11) is 0. The van der Waals surface area contributed by atoms with Gasteiger partial charge in [0.15, 0.2) is 13.2 Å². The van der Waals surface area contributed by atoms with E-state index in [4.69, 9.17) is 9.47 Å². The monoisotopic (exact) mass is 313 g/mol. The van der Waals surface area contributed by atoms with Crippen LogP contribution in [0.4, 0.5) is 5.69 Å². The Kier molecular flexibility index (Phi) is 5.88. The van der Waals surface area contributed by atoms with E-state index in [-0.39, 0.29) is 13.2 Å². The third-order valence-corrected chi connectivity index (χ3v) is 2.79. The molecule has 23 heavy (non-hydrogen) atoms. The van der Waals surface area contributed by atoms with E-state index >= 15 is 0 Å². The van der Waals surface area contributed by atoms with Gasteiger partial charge in [-0.05, 0) is 36.4 Å². The third kappa shape index (κ3) is 5.62. The molecule has 0 fully saturated rings. The summed E-state index contributed by atoms with van der Waals surface area (Å²) in [6.45, 7) is -0.708. The second-order valence-electron chi connectivity index (χ2n) is 4.55. The molecule has 1 amide bonds. The first-order chi connectivity index (χ1) is 11.2. The molecule has 0 aliphatic heterocycles. The minimum absolute atomic E-state index is 0.320. The minimum atomic E-state index is -0.660. The zero-order valence-corrected chi connectivity index (χ0v) is 12.2. The van der Waals surface area contributed by atoms with Crippen molar-refractivity contribution >= 4 is 23.9 Å². The number of carbonyl (C=O) groups excluding carboxylic acids is 3. The summed E-state index contributed by atoms with van der Waals surface area (Å²) in [6.07, 6.45) is 0.712. The highest BCUT2D eigenvalue weighted by atomic mass is 16.6. The fourth-order valence-electron chi connectivity index (χ4n) is 1.69. The minimum Gasteiger partial charge on any atom is -0.482 e. The maximum absolute atomic E-state index is 11.6. The number of hydrogen-bond donors (Lipinski definition) is 1. The topological polar surface area (TPSA) is 81.7 Å². The van der Waals surface area contributed by atoms with Crippen LogP contribution in [0.3, 0.4) is 0 Å². The van der Waals surface area contributed by atoms with Gasteiger partial charge in [-0.2, -0.15) is 0 Å². The van der Waals surface area contributed by atoms with Gasteiger partial charge in [0.1, 0.15) is 12.0 Å². The van der Waals surface area contributed by atoms with Crippen molar-refractivity contribution in [2.45, 2.75) is 0 Å². The fraction of sp³-hybridized carbons (Fsp3) is 0.118. The lowest BCUT2D eigenvalue weighted by atomic mass is 10.2. The van der Waals surface area contributed by atoms with Crippen LogP contribution in [0.1, 0.15) is 10.4 Å². The second kappa shape index (κ2) is 8.33. The van der Waals surface area contributed by atoms with Gasteiger partial charge in [0.2, 0.25) is 0 Å². The Morgan fingerprint density at radius 1 is 0.957 bits per heavy atom. The van der Waals surface area contributed by atoms with E-state index in [1.54, 1.807) is 48.5 Å². The average Bonchev–Trinajstić information content (AvgIpc) is 2.59. The van der Waals surface area contributed by atoms with E-state index in [2.05, 4.69) is 5.32 Å². The molecule has 6 heteroatoms. The van der Waals surface area contributed by atoms with Crippen LogP contribution in [-0.2, 0) is 14.3 Å². The van der Waals surface area contributed by atoms with Gasteiger partial charge in [0.05, 0.1) is 0 Å². The first-order valence-corrected chi connectivity index (χ1v) is 6.86. The molecule has 6 nitrogen and oxygen atoms in total. The Bertz CT molecular complexity index is 667. The molecule has 2 aromatic rings. The van der Waals surface area contributed by atoms with Crippen LogP contribution in [0.15, 0.2) is 54.6 Å². The maximum atomic E-state index is 11.6. The number of ether oxygens (including phenoxy) is 2. The molecule has 0 radical (unpaired) electrons. The van der Waals surface area contributed by atoms with Crippen molar-refractivity contribution in [3.63, 3.8) is 0 Å². The Balaban J connectivity index is 1.70. The van der Waals surface area contributed by atoms with Crippen LogP contribution < -0.4 is 10.1 Å². The molecule has 0 aliphatic rings. The first-order valence-electron chi connectivity index (χ1n) is 6.86. The molecule has 0 saturated carbocycles. The summed E-state index contributed by atoms with van der Waals surface area (Å²) >= 11 is 0. The molecule has 0 bridgehead atoms. The van der Waals surface area contributed by atoms with E-state index < -0.39 is 11.9 Å². The van der Waals surface area contributed by atoms with Crippen LogP contribution in [0.5, 0.6) is 5.75 Å². The molecular formula is C17H15NO5. The lowest BCUT2D eigenvalue weighted by molar-refractivity contribution is -0.149. The normalized spacial score (nSPS) is 9.74. The lowest BCUT2D eigenvalue weighted by Gasteiger charge is -2.08. The number of benzene rings is 2. The molecule has 0 aliphatic carbocycles. The number of anilines is 1. The van der Waals surface area contributed by atoms with E-state index in [9.17, 15) is 14.4 Å². The first kappa shape index (κ1) is 16.2. The Labute approximate surface area is 133 Å². The van der Waals surface area contributed by atoms with Gasteiger partial charge in [-0.1, -0.05) is 18.2 Å². The predicted octanol–water partition coefficient (Wildman–Crippen LogP) is 2.06. The van der Waals surface area contributed by atoms with Crippen LogP contribution >= 0.6 is 0 Å². The van der Waals surface area contributed by atoms with Crippen molar-refractivity contribution in [1.29, 1.82) is 0 Å². The van der Waals surface area contributed by atoms with Gasteiger partial charge in [-0.25, -0.2) is 4.79 Å². The molecule has 0 unspecified atom stereocenters. The summed E-state index contributed by atoms with van der Waals surface area (Å²) in [5.41, 5.74) is 1.14. The standard InChI is InChI=1S/C17H15NO5/c19-10-13-6-8-15(9-7-13)22-12-17(21)23-11-16(20)18-14-4-2-1-3-5-14/h1-10H,11-12H2,(H,18,20). The van der Waals surface area contributed by atoms with Crippen molar-refractivity contribution in [3.8, 4) is 5.75 Å². The molecule has 0 atom stereocenters. The van der Waals surface area contributed by atoms with E-state index in [0.717, 1.165) is 0 Å². The Morgan fingerprint density at radius 3 is 2.30 bits per heavy atom. The van der Waals surface area contributed by atoms with Crippen LogP contribution in [0, 0.1) is 0 Å². The number of rotatable bonds is 7. The van der Waals surface area contributed by atoms with Gasteiger partial charge in [0.25, 0.3) is 5.91 Å². The summed E-state index contributed by atoms with van der Waals surface area (Å²) in [5, 5.41) is 2.59. The van der Waals surface area contributed by atoms with E-state index in [0.29, 0.717) is 23.3 Å². The number of aldehydes is 1.